The van der Waals surface area contributed by atoms with Crippen LogP contribution in [-0.4, -0.2) is 23.0 Å². The van der Waals surface area contributed by atoms with E-state index in [0.717, 1.165) is 5.56 Å². The Morgan fingerprint density at radius 3 is 2.50 bits per heavy atom. The Morgan fingerprint density at radius 2 is 1.85 bits per heavy atom. The van der Waals surface area contributed by atoms with E-state index < -0.39 is 17.9 Å². The molecule has 0 heterocycles. The van der Waals surface area contributed by atoms with Gasteiger partial charge in [0.25, 0.3) is 0 Å². The predicted octanol–water partition coefficient (Wildman–Crippen LogP) is 1.92. The second kappa shape index (κ2) is 8.16. The number of hydrogen-bond acceptors (Lipinski definition) is 3. The van der Waals surface area contributed by atoms with E-state index >= 15 is 0 Å². The minimum Gasteiger partial charge on any atom is -0.481 e. The Balaban J connectivity index is 2.28. The summed E-state index contributed by atoms with van der Waals surface area (Å²) in [7, 11) is 0. The summed E-state index contributed by atoms with van der Waals surface area (Å²) in [4.78, 5) is 33.0. The van der Waals surface area contributed by atoms with Gasteiger partial charge in [0.2, 0.25) is 5.91 Å². The molecule has 108 valence electrons. The van der Waals surface area contributed by atoms with Gasteiger partial charge in [0.15, 0.2) is 0 Å². The summed E-state index contributed by atoms with van der Waals surface area (Å²) in [5, 5.41) is 13.6. The Labute approximate surface area is 121 Å². The van der Waals surface area contributed by atoms with Crippen molar-refractivity contribution in [1.82, 2.24) is 10.6 Å². The van der Waals surface area contributed by atoms with Crippen LogP contribution in [0.4, 0.5) is 4.79 Å². The third-order valence-electron chi connectivity index (χ3n) is 2.44. The Kier molecular flexibility index (Phi) is 6.52. The summed E-state index contributed by atoms with van der Waals surface area (Å²) in [5.74, 6) is -1.48. The molecule has 1 rings (SSSR count). The number of urea groups is 1. The van der Waals surface area contributed by atoms with Gasteiger partial charge in [-0.05, 0) is 18.1 Å². The number of carbonyl (C=O) groups excluding carboxylic acids is 2. The molecule has 0 saturated heterocycles. The molecule has 0 aliphatic rings. The molecule has 20 heavy (non-hydrogen) atoms. The lowest BCUT2D eigenvalue weighted by Gasteiger charge is -2.07. The molecule has 0 spiro atoms. The molecule has 0 unspecified atom stereocenters. The van der Waals surface area contributed by atoms with Crippen molar-refractivity contribution in [2.75, 3.05) is 0 Å². The Bertz CT molecular complexity index is 505. The lowest BCUT2D eigenvalue weighted by molar-refractivity contribution is -0.137. The smallest absolute Gasteiger partial charge is 0.321 e. The predicted molar refractivity (Wildman–Crippen MR) is 73.3 cm³/mol. The molecule has 0 fully saturated rings. The van der Waals surface area contributed by atoms with E-state index in [0.29, 0.717) is 5.02 Å². The van der Waals surface area contributed by atoms with E-state index in [2.05, 4.69) is 10.6 Å². The molecule has 1 aromatic carbocycles. The van der Waals surface area contributed by atoms with Crippen molar-refractivity contribution in [3.8, 4) is 0 Å². The third kappa shape index (κ3) is 6.19. The van der Waals surface area contributed by atoms with Gasteiger partial charge in [-0.1, -0.05) is 29.8 Å². The first kappa shape index (κ1) is 16.0. The molecule has 7 heteroatoms. The summed E-state index contributed by atoms with van der Waals surface area (Å²) in [6.07, 6.45) is 0.0828. The molecule has 1 aromatic rings. The molecule has 3 N–H and O–H groups in total. The maximum atomic E-state index is 11.4. The van der Waals surface area contributed by atoms with E-state index in [-0.39, 0.29) is 25.8 Å². The summed E-state index contributed by atoms with van der Waals surface area (Å²) in [6, 6.07) is 6.39. The van der Waals surface area contributed by atoms with Gasteiger partial charge in [-0.2, -0.15) is 0 Å². The fourth-order valence-electron chi connectivity index (χ4n) is 1.45. The number of amides is 3. The zero-order valence-corrected chi connectivity index (χ0v) is 11.4. The number of hydrogen-bond donors (Lipinski definition) is 3. The third-order valence-corrected chi connectivity index (χ3v) is 2.81. The number of nitrogens with one attached hydrogen (secondary N) is 2. The molecular weight excluding hydrogens is 284 g/mol. The first-order chi connectivity index (χ1) is 9.49. The van der Waals surface area contributed by atoms with Gasteiger partial charge in [-0.3, -0.25) is 14.9 Å². The summed E-state index contributed by atoms with van der Waals surface area (Å²) < 4.78 is 0. The summed E-state index contributed by atoms with van der Waals surface area (Å²) in [5.41, 5.74) is 0.739. The summed E-state index contributed by atoms with van der Waals surface area (Å²) in [6.45, 7) is 0.202. The van der Waals surface area contributed by atoms with Crippen molar-refractivity contribution >= 4 is 29.5 Å². The van der Waals surface area contributed by atoms with E-state index in [9.17, 15) is 14.4 Å². The molecule has 0 aromatic heterocycles. The zero-order valence-electron chi connectivity index (χ0n) is 10.7. The van der Waals surface area contributed by atoms with Gasteiger partial charge in [0.05, 0.1) is 0 Å². The molecule has 6 nitrogen and oxygen atoms in total. The number of aliphatic carboxylic acids is 1. The molecule has 0 aliphatic carbocycles. The monoisotopic (exact) mass is 298 g/mol. The van der Waals surface area contributed by atoms with Gasteiger partial charge < -0.3 is 10.4 Å². The number of carboxylic acid groups (broad SMARTS) is 1. The first-order valence-electron chi connectivity index (χ1n) is 6.02. The van der Waals surface area contributed by atoms with Gasteiger partial charge in [0.1, 0.15) is 0 Å². The summed E-state index contributed by atoms with van der Waals surface area (Å²) >= 11 is 5.92. The van der Waals surface area contributed by atoms with Gasteiger partial charge in [-0.15, -0.1) is 0 Å². The van der Waals surface area contributed by atoms with Crippen molar-refractivity contribution in [3.63, 3.8) is 0 Å². The van der Waals surface area contributed by atoms with E-state index in [4.69, 9.17) is 16.7 Å². The van der Waals surface area contributed by atoms with E-state index in [1.807, 2.05) is 0 Å². The van der Waals surface area contributed by atoms with Crippen molar-refractivity contribution in [3.05, 3.63) is 34.9 Å². The largest absolute Gasteiger partial charge is 0.481 e. The second-order valence-corrected chi connectivity index (χ2v) is 4.48. The first-order valence-corrected chi connectivity index (χ1v) is 6.39. The highest BCUT2D eigenvalue weighted by atomic mass is 35.5. The molecule has 0 aliphatic heterocycles. The molecule has 0 radical (unpaired) electrons. The van der Waals surface area contributed by atoms with Crippen LogP contribution in [0.15, 0.2) is 24.3 Å². The highest BCUT2D eigenvalue weighted by molar-refractivity contribution is 6.31. The zero-order chi connectivity index (χ0) is 15.0. The number of carbonyl (C=O) groups is 3. The van der Waals surface area contributed by atoms with E-state index in [1.165, 1.54) is 0 Å². The highest BCUT2D eigenvalue weighted by Gasteiger charge is 2.08. The lowest BCUT2D eigenvalue weighted by atomic mass is 10.2. The number of rotatable bonds is 6. The van der Waals surface area contributed by atoms with Crippen LogP contribution < -0.4 is 10.6 Å². The van der Waals surface area contributed by atoms with Crippen LogP contribution >= 0.6 is 11.6 Å². The van der Waals surface area contributed by atoms with Crippen LogP contribution in [-0.2, 0) is 16.1 Å². The van der Waals surface area contributed by atoms with E-state index in [1.54, 1.807) is 24.3 Å². The van der Waals surface area contributed by atoms with Crippen molar-refractivity contribution in [1.29, 1.82) is 0 Å². The number of halogens is 1. The standard InChI is InChI=1S/C13H15ClN2O4/c14-10-5-2-1-4-9(10)8-15-13(20)16-11(17)6-3-7-12(18)19/h1-2,4-5H,3,6-8H2,(H,18,19)(H2,15,16,17,20). The maximum Gasteiger partial charge on any atom is 0.321 e. The topological polar surface area (TPSA) is 95.5 Å². The minimum atomic E-state index is -0.971. The molecular formula is C13H15ClN2O4. The van der Waals surface area contributed by atoms with Crippen LogP contribution in [0.25, 0.3) is 0 Å². The van der Waals surface area contributed by atoms with Crippen LogP contribution in [0.1, 0.15) is 24.8 Å². The van der Waals surface area contributed by atoms with Crippen LogP contribution in [0.2, 0.25) is 5.02 Å². The average Bonchev–Trinajstić information content (AvgIpc) is 2.37. The Hall–Kier alpha value is -2.08. The second-order valence-electron chi connectivity index (χ2n) is 4.07. The van der Waals surface area contributed by atoms with Crippen molar-refractivity contribution < 1.29 is 19.5 Å². The quantitative estimate of drug-likeness (QED) is 0.747. The fraction of sp³-hybridized carbons (Fsp3) is 0.308. The Morgan fingerprint density at radius 1 is 1.15 bits per heavy atom. The van der Waals surface area contributed by atoms with Gasteiger partial charge >= 0.3 is 12.0 Å². The number of carboxylic acids is 1. The van der Waals surface area contributed by atoms with Crippen molar-refractivity contribution in [2.45, 2.75) is 25.8 Å². The van der Waals surface area contributed by atoms with Crippen LogP contribution in [0.5, 0.6) is 0 Å². The SMILES string of the molecule is O=C(O)CCCC(=O)NC(=O)NCc1ccccc1Cl. The lowest BCUT2D eigenvalue weighted by Crippen LogP contribution is -2.39. The van der Waals surface area contributed by atoms with Crippen molar-refractivity contribution in [2.24, 2.45) is 0 Å². The van der Waals surface area contributed by atoms with Crippen LogP contribution in [0, 0.1) is 0 Å². The minimum absolute atomic E-state index is 0.00812. The molecule has 0 bridgehead atoms. The highest BCUT2D eigenvalue weighted by Crippen LogP contribution is 2.14. The average molecular weight is 299 g/mol. The number of imide groups is 1. The van der Waals surface area contributed by atoms with Gasteiger partial charge in [0, 0.05) is 24.4 Å². The maximum absolute atomic E-state index is 11.4. The number of benzene rings is 1. The molecule has 0 atom stereocenters. The fourth-order valence-corrected chi connectivity index (χ4v) is 1.65. The normalized spacial score (nSPS) is 9.85. The molecule has 0 saturated carbocycles. The van der Waals surface area contributed by atoms with Crippen LogP contribution in [0.3, 0.4) is 0 Å². The molecule has 3 amide bonds. The van der Waals surface area contributed by atoms with Gasteiger partial charge in [-0.25, -0.2) is 4.79 Å².